The van der Waals surface area contributed by atoms with E-state index >= 15 is 0 Å². The molecule has 29 heavy (non-hydrogen) atoms. The summed E-state index contributed by atoms with van der Waals surface area (Å²) in [4.78, 5) is 22.7. The van der Waals surface area contributed by atoms with Gasteiger partial charge in [-0.2, -0.15) is 4.68 Å². The van der Waals surface area contributed by atoms with Crippen molar-refractivity contribution >= 4 is 39.3 Å². The lowest BCUT2D eigenvalue weighted by atomic mass is 9.88. The van der Waals surface area contributed by atoms with Gasteiger partial charge in [-0.1, -0.05) is 18.2 Å². The van der Waals surface area contributed by atoms with Gasteiger partial charge in [0.15, 0.2) is 0 Å². The number of fused-ring (bicyclic) bond motifs is 3. The van der Waals surface area contributed by atoms with E-state index in [-0.39, 0.29) is 5.92 Å². The predicted octanol–water partition coefficient (Wildman–Crippen LogP) is 3.32. The Morgan fingerprint density at radius 3 is 2.90 bits per heavy atom. The lowest BCUT2D eigenvalue weighted by molar-refractivity contribution is -0.142. The maximum absolute atomic E-state index is 11.4. The second-order valence-electron chi connectivity index (χ2n) is 6.85. The van der Waals surface area contributed by atoms with Crippen LogP contribution in [0.5, 0.6) is 0 Å². The Kier molecular flexibility index (Phi) is 4.51. The molecule has 146 valence electrons. The highest BCUT2D eigenvalue weighted by molar-refractivity contribution is 7.99. The number of carboxylic acids is 1. The Morgan fingerprint density at radius 1 is 1.28 bits per heavy atom. The molecule has 1 aliphatic rings. The average molecular weight is 425 g/mol. The zero-order valence-electron chi connectivity index (χ0n) is 15.4. The van der Waals surface area contributed by atoms with Crippen LogP contribution in [0.2, 0.25) is 0 Å². The first-order valence-corrected chi connectivity index (χ1v) is 10.8. The fourth-order valence-electron chi connectivity index (χ4n) is 3.59. The number of thiophene rings is 1. The number of nitrogens with zero attached hydrogens (tertiary/aromatic N) is 6. The molecule has 1 N–H and O–H groups in total. The Morgan fingerprint density at radius 2 is 2.10 bits per heavy atom. The molecule has 1 atom stereocenters. The minimum absolute atomic E-state index is 0.328. The standard InChI is InChI=1S/C19H16N6O2S2/c1-10-20-16-15(13-8-7-11(18(26)27)9-14(13)28-16)17(21-10)29-19-22-23-24-25(19)12-5-3-2-4-6-12/h2-6,11H,7-9H2,1H3,(H,26,27). The zero-order valence-corrected chi connectivity index (χ0v) is 17.1. The summed E-state index contributed by atoms with van der Waals surface area (Å²) in [5.74, 6) is -0.384. The van der Waals surface area contributed by atoms with Gasteiger partial charge in [0, 0.05) is 10.3 Å². The lowest BCUT2D eigenvalue weighted by Crippen LogP contribution is -2.21. The molecule has 1 aliphatic carbocycles. The summed E-state index contributed by atoms with van der Waals surface area (Å²) in [6, 6.07) is 9.71. The molecule has 0 saturated heterocycles. The number of tetrazole rings is 1. The van der Waals surface area contributed by atoms with Gasteiger partial charge in [0.25, 0.3) is 0 Å². The number of hydrogen-bond donors (Lipinski definition) is 1. The molecule has 10 heteroatoms. The Balaban J connectivity index is 1.59. The maximum Gasteiger partial charge on any atom is 0.306 e. The van der Waals surface area contributed by atoms with Crippen molar-refractivity contribution in [1.82, 2.24) is 30.2 Å². The molecule has 3 aromatic heterocycles. The van der Waals surface area contributed by atoms with Crippen molar-refractivity contribution in [3.05, 3.63) is 46.6 Å². The SMILES string of the molecule is Cc1nc(Sc2nnnn2-c2ccccc2)c2c3c(sc2n1)CC(C(=O)O)CC3. The van der Waals surface area contributed by atoms with E-state index in [4.69, 9.17) is 0 Å². The molecule has 0 spiro atoms. The predicted molar refractivity (Wildman–Crippen MR) is 109 cm³/mol. The summed E-state index contributed by atoms with van der Waals surface area (Å²) in [5, 5.41) is 24.0. The summed E-state index contributed by atoms with van der Waals surface area (Å²) in [6.07, 6.45) is 1.90. The van der Waals surface area contributed by atoms with E-state index in [1.165, 1.54) is 17.3 Å². The van der Waals surface area contributed by atoms with E-state index in [2.05, 4.69) is 25.5 Å². The van der Waals surface area contributed by atoms with Gasteiger partial charge in [-0.3, -0.25) is 4.79 Å². The molecular weight excluding hydrogens is 408 g/mol. The van der Waals surface area contributed by atoms with E-state index < -0.39 is 5.97 Å². The van der Waals surface area contributed by atoms with E-state index in [1.54, 1.807) is 16.0 Å². The molecule has 4 aromatic rings. The smallest absolute Gasteiger partial charge is 0.306 e. The number of aromatic nitrogens is 6. The molecule has 3 heterocycles. The monoisotopic (exact) mass is 424 g/mol. The van der Waals surface area contributed by atoms with Gasteiger partial charge in [0.05, 0.1) is 11.6 Å². The second-order valence-corrected chi connectivity index (χ2v) is 8.89. The fourth-order valence-corrected chi connectivity index (χ4v) is 5.98. The topological polar surface area (TPSA) is 107 Å². The first kappa shape index (κ1) is 18.2. The van der Waals surface area contributed by atoms with Gasteiger partial charge in [-0.25, -0.2) is 9.97 Å². The quantitative estimate of drug-likeness (QED) is 0.497. The van der Waals surface area contributed by atoms with Gasteiger partial charge < -0.3 is 5.11 Å². The Bertz CT molecular complexity index is 1220. The highest BCUT2D eigenvalue weighted by atomic mass is 32.2. The minimum atomic E-state index is -0.730. The molecule has 1 aromatic carbocycles. The minimum Gasteiger partial charge on any atom is -0.481 e. The third kappa shape index (κ3) is 3.28. The van der Waals surface area contributed by atoms with Crippen molar-refractivity contribution in [3.63, 3.8) is 0 Å². The highest BCUT2D eigenvalue weighted by Gasteiger charge is 2.29. The summed E-state index contributed by atoms with van der Waals surface area (Å²) in [7, 11) is 0. The summed E-state index contributed by atoms with van der Waals surface area (Å²) in [5.41, 5.74) is 2.04. The van der Waals surface area contributed by atoms with Crippen LogP contribution in [-0.4, -0.2) is 41.3 Å². The van der Waals surface area contributed by atoms with Crippen molar-refractivity contribution in [2.75, 3.05) is 0 Å². The zero-order chi connectivity index (χ0) is 20.0. The van der Waals surface area contributed by atoms with Crippen molar-refractivity contribution in [2.45, 2.75) is 36.4 Å². The van der Waals surface area contributed by atoms with E-state index in [9.17, 15) is 9.90 Å². The van der Waals surface area contributed by atoms with Gasteiger partial charge >= 0.3 is 5.97 Å². The summed E-state index contributed by atoms with van der Waals surface area (Å²) in [6.45, 7) is 1.86. The largest absolute Gasteiger partial charge is 0.481 e. The average Bonchev–Trinajstić information content (AvgIpc) is 3.31. The van der Waals surface area contributed by atoms with Crippen LogP contribution in [0, 0.1) is 12.8 Å². The Hall–Kier alpha value is -2.85. The highest BCUT2D eigenvalue weighted by Crippen LogP contribution is 2.42. The molecular formula is C19H16N6O2S2. The normalized spacial score (nSPS) is 16.1. The van der Waals surface area contributed by atoms with Gasteiger partial charge in [-0.15, -0.1) is 16.4 Å². The second kappa shape index (κ2) is 7.20. The third-order valence-electron chi connectivity index (χ3n) is 4.97. The van der Waals surface area contributed by atoms with Crippen molar-refractivity contribution in [3.8, 4) is 5.69 Å². The first-order chi connectivity index (χ1) is 14.1. The van der Waals surface area contributed by atoms with Gasteiger partial charge in [0.2, 0.25) is 5.16 Å². The molecule has 0 aliphatic heterocycles. The molecule has 8 nitrogen and oxygen atoms in total. The first-order valence-electron chi connectivity index (χ1n) is 9.13. The lowest BCUT2D eigenvalue weighted by Gasteiger charge is -2.18. The molecule has 5 rings (SSSR count). The van der Waals surface area contributed by atoms with Crippen molar-refractivity contribution in [2.24, 2.45) is 5.92 Å². The van der Waals surface area contributed by atoms with Crippen LogP contribution in [0.25, 0.3) is 15.9 Å². The number of rotatable bonds is 4. The Labute approximate surface area is 174 Å². The number of carboxylic acid groups (broad SMARTS) is 1. The molecule has 0 amide bonds. The number of aliphatic carboxylic acids is 1. The van der Waals surface area contributed by atoms with Crippen molar-refractivity contribution in [1.29, 1.82) is 0 Å². The van der Waals surface area contributed by atoms with Crippen molar-refractivity contribution < 1.29 is 9.90 Å². The number of hydrogen-bond acceptors (Lipinski definition) is 8. The van der Waals surface area contributed by atoms with E-state index in [1.807, 2.05) is 37.3 Å². The van der Waals surface area contributed by atoms with E-state index in [0.29, 0.717) is 23.8 Å². The van der Waals surface area contributed by atoms with Crippen LogP contribution in [0.15, 0.2) is 40.5 Å². The molecule has 0 radical (unpaired) electrons. The summed E-state index contributed by atoms with van der Waals surface area (Å²) >= 11 is 2.99. The molecule has 0 saturated carbocycles. The molecule has 0 fully saturated rings. The van der Waals surface area contributed by atoms with E-state index in [0.717, 1.165) is 32.2 Å². The van der Waals surface area contributed by atoms with Crippen LogP contribution in [0.4, 0.5) is 0 Å². The van der Waals surface area contributed by atoms with Crippen LogP contribution in [0.1, 0.15) is 22.7 Å². The van der Waals surface area contributed by atoms with Crippen LogP contribution >= 0.6 is 23.1 Å². The number of benzene rings is 1. The van der Waals surface area contributed by atoms with Crippen LogP contribution < -0.4 is 0 Å². The van der Waals surface area contributed by atoms with Crippen LogP contribution in [0.3, 0.4) is 0 Å². The number of para-hydroxylation sites is 1. The molecule has 1 unspecified atom stereocenters. The summed E-state index contributed by atoms with van der Waals surface area (Å²) < 4.78 is 1.69. The van der Waals surface area contributed by atoms with Gasteiger partial charge in [-0.05, 0) is 66.1 Å². The maximum atomic E-state index is 11.4. The molecule has 0 bridgehead atoms. The fraction of sp³-hybridized carbons (Fsp3) is 0.263. The van der Waals surface area contributed by atoms with Crippen LogP contribution in [-0.2, 0) is 17.6 Å². The number of carbonyl (C=O) groups is 1. The van der Waals surface area contributed by atoms with Gasteiger partial charge in [0.1, 0.15) is 15.7 Å². The third-order valence-corrected chi connectivity index (χ3v) is 7.04. The number of aryl methyl sites for hydroxylation is 2.